The van der Waals surface area contributed by atoms with Gasteiger partial charge in [0, 0.05) is 43.6 Å². The van der Waals surface area contributed by atoms with Crippen LogP contribution in [0.5, 0.6) is 0 Å². The number of aryl methyl sites for hydroxylation is 2. The highest BCUT2D eigenvalue weighted by atomic mass is 16.2. The van der Waals surface area contributed by atoms with Gasteiger partial charge >= 0.3 is 0 Å². The largest absolute Gasteiger partial charge is 0.335 e. The van der Waals surface area contributed by atoms with Gasteiger partial charge in [-0.2, -0.15) is 5.10 Å². The number of nitrogens with zero attached hydrogens (tertiary/aromatic N) is 5. The molecule has 6 heteroatoms. The molecule has 0 aromatic carbocycles. The summed E-state index contributed by atoms with van der Waals surface area (Å²) in [7, 11) is 0. The molecule has 1 aliphatic heterocycles. The number of aromatic nitrogens is 4. The SMILES string of the molecule is CCn1ccc(C(=O)N2CCCC(n3c(C)cnc3C3CC3)C2)n1. The summed E-state index contributed by atoms with van der Waals surface area (Å²) >= 11 is 0. The van der Waals surface area contributed by atoms with E-state index in [-0.39, 0.29) is 5.91 Å². The summed E-state index contributed by atoms with van der Waals surface area (Å²) in [5.41, 5.74) is 1.77. The molecule has 24 heavy (non-hydrogen) atoms. The van der Waals surface area contributed by atoms with Crippen LogP contribution in [0.3, 0.4) is 0 Å². The molecule has 0 N–H and O–H groups in total. The highest BCUT2D eigenvalue weighted by Crippen LogP contribution is 2.41. The van der Waals surface area contributed by atoms with Crippen molar-refractivity contribution in [2.75, 3.05) is 13.1 Å². The predicted octanol–water partition coefficient (Wildman–Crippen LogP) is 2.76. The maximum atomic E-state index is 12.8. The zero-order chi connectivity index (χ0) is 16.7. The second-order valence-electron chi connectivity index (χ2n) is 7.01. The van der Waals surface area contributed by atoms with E-state index in [0.29, 0.717) is 17.7 Å². The Morgan fingerprint density at radius 2 is 2.17 bits per heavy atom. The zero-order valence-electron chi connectivity index (χ0n) is 14.5. The molecule has 1 saturated carbocycles. The lowest BCUT2D eigenvalue weighted by Crippen LogP contribution is -2.41. The lowest BCUT2D eigenvalue weighted by atomic mass is 10.0. The van der Waals surface area contributed by atoms with E-state index in [4.69, 9.17) is 0 Å². The number of hydrogen-bond donors (Lipinski definition) is 0. The minimum absolute atomic E-state index is 0.0534. The molecule has 2 fully saturated rings. The van der Waals surface area contributed by atoms with Crippen LogP contribution in [-0.2, 0) is 6.54 Å². The average Bonchev–Trinajstić information content (AvgIpc) is 3.20. The average molecular weight is 327 g/mol. The Labute approximate surface area is 142 Å². The first kappa shape index (κ1) is 15.4. The molecule has 6 nitrogen and oxygen atoms in total. The van der Waals surface area contributed by atoms with Gasteiger partial charge in [0.05, 0.1) is 6.04 Å². The van der Waals surface area contributed by atoms with E-state index in [0.717, 1.165) is 32.5 Å². The van der Waals surface area contributed by atoms with E-state index in [9.17, 15) is 4.79 Å². The van der Waals surface area contributed by atoms with Gasteiger partial charge in [-0.05, 0) is 45.6 Å². The summed E-state index contributed by atoms with van der Waals surface area (Å²) in [4.78, 5) is 19.4. The van der Waals surface area contributed by atoms with Gasteiger partial charge < -0.3 is 9.47 Å². The van der Waals surface area contributed by atoms with Gasteiger partial charge in [-0.25, -0.2) is 4.98 Å². The summed E-state index contributed by atoms with van der Waals surface area (Å²) in [6.45, 7) is 6.52. The van der Waals surface area contributed by atoms with Crippen molar-refractivity contribution in [3.8, 4) is 0 Å². The fraction of sp³-hybridized carbons (Fsp3) is 0.611. The number of piperidine rings is 1. The first-order valence-electron chi connectivity index (χ1n) is 9.03. The smallest absolute Gasteiger partial charge is 0.274 e. The Morgan fingerprint density at radius 3 is 2.88 bits per heavy atom. The van der Waals surface area contributed by atoms with Gasteiger partial charge in [-0.3, -0.25) is 9.48 Å². The fourth-order valence-electron chi connectivity index (χ4n) is 3.75. The van der Waals surface area contributed by atoms with Crippen molar-refractivity contribution in [2.24, 2.45) is 0 Å². The second-order valence-corrected chi connectivity index (χ2v) is 7.01. The molecular formula is C18H25N5O. The van der Waals surface area contributed by atoms with Gasteiger partial charge in [0.25, 0.3) is 5.91 Å². The first-order chi connectivity index (χ1) is 11.7. The molecule has 2 aliphatic rings. The Kier molecular flexibility index (Phi) is 3.90. The second kappa shape index (κ2) is 6.07. The number of likely N-dealkylation sites (tertiary alicyclic amines) is 1. The molecule has 1 amide bonds. The summed E-state index contributed by atoms with van der Waals surface area (Å²) in [5.74, 6) is 1.91. The molecule has 1 aliphatic carbocycles. The van der Waals surface area contributed by atoms with Crippen LogP contribution in [-0.4, -0.2) is 43.2 Å². The summed E-state index contributed by atoms with van der Waals surface area (Å²) in [6, 6.07) is 2.17. The van der Waals surface area contributed by atoms with Crippen LogP contribution in [0.4, 0.5) is 0 Å². The molecule has 0 bridgehead atoms. The van der Waals surface area contributed by atoms with Gasteiger partial charge in [-0.15, -0.1) is 0 Å². The standard InChI is InChI=1S/C18H25N5O/c1-3-22-10-8-16(20-22)18(24)21-9-4-5-15(12-21)23-13(2)11-19-17(23)14-6-7-14/h8,10-11,14-15H,3-7,9,12H2,1-2H3. The van der Waals surface area contributed by atoms with Crippen LogP contribution >= 0.6 is 0 Å². The van der Waals surface area contributed by atoms with Gasteiger partial charge in [0.15, 0.2) is 0 Å². The highest BCUT2D eigenvalue weighted by molar-refractivity contribution is 5.92. The molecule has 0 radical (unpaired) electrons. The fourth-order valence-corrected chi connectivity index (χ4v) is 3.75. The van der Waals surface area contributed by atoms with E-state index in [2.05, 4.69) is 21.6 Å². The minimum Gasteiger partial charge on any atom is -0.335 e. The zero-order valence-corrected chi connectivity index (χ0v) is 14.5. The van der Waals surface area contributed by atoms with E-state index in [1.807, 2.05) is 30.3 Å². The molecule has 1 unspecified atom stereocenters. The Bertz CT molecular complexity index is 742. The van der Waals surface area contributed by atoms with Crippen LogP contribution in [0.25, 0.3) is 0 Å². The number of hydrogen-bond acceptors (Lipinski definition) is 3. The topological polar surface area (TPSA) is 56.0 Å². The lowest BCUT2D eigenvalue weighted by Gasteiger charge is -2.34. The van der Waals surface area contributed by atoms with Crippen molar-refractivity contribution in [3.05, 3.63) is 35.7 Å². The first-order valence-corrected chi connectivity index (χ1v) is 9.03. The highest BCUT2D eigenvalue weighted by Gasteiger charge is 2.33. The van der Waals surface area contributed by atoms with Crippen molar-refractivity contribution in [3.63, 3.8) is 0 Å². The van der Waals surface area contributed by atoms with E-state index in [1.165, 1.54) is 24.4 Å². The number of rotatable bonds is 4. The van der Waals surface area contributed by atoms with Gasteiger partial charge in [0.2, 0.25) is 0 Å². The third-order valence-corrected chi connectivity index (χ3v) is 5.19. The third kappa shape index (κ3) is 2.74. The van der Waals surface area contributed by atoms with E-state index >= 15 is 0 Å². The molecule has 2 aromatic rings. The summed E-state index contributed by atoms with van der Waals surface area (Å²) < 4.78 is 4.20. The maximum absolute atomic E-state index is 12.8. The molecule has 0 spiro atoms. The summed E-state index contributed by atoms with van der Waals surface area (Å²) in [6.07, 6.45) is 8.51. The van der Waals surface area contributed by atoms with Gasteiger partial charge in [0.1, 0.15) is 11.5 Å². The van der Waals surface area contributed by atoms with E-state index in [1.54, 1.807) is 4.68 Å². The molecular weight excluding hydrogens is 302 g/mol. The number of amides is 1. The summed E-state index contributed by atoms with van der Waals surface area (Å²) in [5, 5.41) is 4.37. The number of imidazole rings is 1. The quantitative estimate of drug-likeness (QED) is 0.867. The normalized spacial score (nSPS) is 21.2. The molecule has 2 aromatic heterocycles. The van der Waals surface area contributed by atoms with Crippen LogP contribution in [0.1, 0.15) is 66.6 Å². The Hall–Kier alpha value is -2.11. The molecule has 4 rings (SSSR count). The third-order valence-electron chi connectivity index (χ3n) is 5.19. The van der Waals surface area contributed by atoms with Crippen LogP contribution in [0, 0.1) is 6.92 Å². The van der Waals surface area contributed by atoms with Crippen molar-refractivity contribution in [2.45, 2.75) is 58.0 Å². The minimum atomic E-state index is 0.0534. The number of carbonyl (C=O) groups is 1. The van der Waals surface area contributed by atoms with Crippen LogP contribution in [0.15, 0.2) is 18.5 Å². The molecule has 128 valence electrons. The Morgan fingerprint density at radius 1 is 1.33 bits per heavy atom. The van der Waals surface area contributed by atoms with Crippen LogP contribution in [0.2, 0.25) is 0 Å². The monoisotopic (exact) mass is 327 g/mol. The van der Waals surface area contributed by atoms with Crippen molar-refractivity contribution in [1.29, 1.82) is 0 Å². The predicted molar refractivity (Wildman–Crippen MR) is 91.0 cm³/mol. The van der Waals surface area contributed by atoms with Crippen LogP contribution < -0.4 is 0 Å². The molecule has 1 atom stereocenters. The van der Waals surface area contributed by atoms with Crippen molar-refractivity contribution < 1.29 is 4.79 Å². The van der Waals surface area contributed by atoms with Crippen molar-refractivity contribution in [1.82, 2.24) is 24.2 Å². The van der Waals surface area contributed by atoms with Gasteiger partial charge in [-0.1, -0.05) is 0 Å². The number of carbonyl (C=O) groups excluding carboxylic acids is 1. The molecule has 3 heterocycles. The van der Waals surface area contributed by atoms with Crippen molar-refractivity contribution >= 4 is 5.91 Å². The lowest BCUT2D eigenvalue weighted by molar-refractivity contribution is 0.0670. The van der Waals surface area contributed by atoms with E-state index < -0.39 is 0 Å². The Balaban J connectivity index is 1.53. The molecule has 1 saturated heterocycles. The maximum Gasteiger partial charge on any atom is 0.274 e.